The summed E-state index contributed by atoms with van der Waals surface area (Å²) in [6.45, 7) is 4.32. The third kappa shape index (κ3) is 5.73. The summed E-state index contributed by atoms with van der Waals surface area (Å²) in [6.07, 6.45) is 0. The van der Waals surface area contributed by atoms with Crippen LogP contribution in [0.4, 0.5) is 0 Å². The first-order chi connectivity index (χ1) is 21.6. The Labute approximate surface area is 260 Å². The van der Waals surface area contributed by atoms with E-state index >= 15 is 0 Å². The first-order valence-corrected chi connectivity index (χ1v) is 15.1. The molecule has 0 bridgehead atoms. The van der Waals surface area contributed by atoms with Crippen molar-refractivity contribution in [3.05, 3.63) is 175 Å². The molecule has 0 amide bonds. The lowest BCUT2D eigenvalue weighted by molar-refractivity contribution is 1.32. The fourth-order valence-corrected chi connectivity index (χ4v) is 5.86. The van der Waals surface area contributed by atoms with Crippen LogP contribution in [0.15, 0.2) is 164 Å². The predicted octanol–water partition coefficient (Wildman–Crippen LogP) is 11.7. The molecule has 44 heavy (non-hydrogen) atoms. The van der Waals surface area contributed by atoms with Gasteiger partial charge < -0.3 is 0 Å². The van der Waals surface area contributed by atoms with Gasteiger partial charge in [-0.2, -0.15) is 0 Å². The maximum absolute atomic E-state index is 5.18. The number of aromatic nitrogens is 1. The smallest absolute Gasteiger partial charge is 0.0715 e. The van der Waals surface area contributed by atoms with Crippen LogP contribution in [0.25, 0.3) is 67.0 Å². The van der Waals surface area contributed by atoms with Crippen LogP contribution in [0.2, 0.25) is 0 Å². The van der Waals surface area contributed by atoms with Gasteiger partial charge in [0.2, 0.25) is 0 Å². The highest BCUT2D eigenvalue weighted by atomic mass is 14.7. The molecule has 0 saturated carbocycles. The summed E-state index contributed by atoms with van der Waals surface area (Å²) < 4.78 is 0. The standard InChI is InChI=1S/C43H33N/c1-30-19-20-31(2)41(25-30)38-17-10-18-39(27-38)43-29-40(28-42(44-43)35-13-7-4-8-14-35)34-23-21-33(22-24-34)37-16-9-15-36(26-37)32-11-5-3-6-12-32/h3-29H,1-2H3. The lowest BCUT2D eigenvalue weighted by atomic mass is 9.94. The topological polar surface area (TPSA) is 12.9 Å². The molecule has 1 heterocycles. The molecule has 1 heteroatoms. The molecule has 0 aliphatic heterocycles. The van der Waals surface area contributed by atoms with Gasteiger partial charge in [-0.05, 0) is 88.2 Å². The number of hydrogen-bond acceptors (Lipinski definition) is 1. The highest BCUT2D eigenvalue weighted by Crippen LogP contribution is 2.34. The molecule has 210 valence electrons. The molecule has 7 aromatic rings. The second kappa shape index (κ2) is 12.0. The monoisotopic (exact) mass is 563 g/mol. The van der Waals surface area contributed by atoms with Gasteiger partial charge in [0, 0.05) is 11.1 Å². The Morgan fingerprint density at radius 1 is 0.318 bits per heavy atom. The molecule has 0 aliphatic carbocycles. The van der Waals surface area contributed by atoms with Crippen molar-refractivity contribution in [2.75, 3.05) is 0 Å². The molecule has 1 nitrogen and oxygen atoms in total. The Bertz CT molecular complexity index is 2060. The van der Waals surface area contributed by atoms with Gasteiger partial charge in [-0.3, -0.25) is 0 Å². The van der Waals surface area contributed by atoms with Gasteiger partial charge in [-0.1, -0.05) is 145 Å². The van der Waals surface area contributed by atoms with Crippen LogP contribution >= 0.6 is 0 Å². The summed E-state index contributed by atoms with van der Waals surface area (Å²) in [6, 6.07) is 58.5. The van der Waals surface area contributed by atoms with E-state index in [1.54, 1.807) is 0 Å². The highest BCUT2D eigenvalue weighted by molar-refractivity contribution is 5.81. The Morgan fingerprint density at radius 3 is 1.45 bits per heavy atom. The first-order valence-electron chi connectivity index (χ1n) is 15.1. The number of nitrogens with zero attached hydrogens (tertiary/aromatic N) is 1. The fourth-order valence-electron chi connectivity index (χ4n) is 5.86. The number of hydrogen-bond donors (Lipinski definition) is 0. The van der Waals surface area contributed by atoms with Crippen molar-refractivity contribution in [3.63, 3.8) is 0 Å². The average molecular weight is 564 g/mol. The Hall–Kier alpha value is -5.53. The predicted molar refractivity (Wildman–Crippen MR) is 186 cm³/mol. The molecule has 0 fully saturated rings. The molecule has 7 rings (SSSR count). The van der Waals surface area contributed by atoms with Gasteiger partial charge in [0.25, 0.3) is 0 Å². The molecule has 1 aromatic heterocycles. The van der Waals surface area contributed by atoms with E-state index in [4.69, 9.17) is 4.98 Å². The van der Waals surface area contributed by atoms with Crippen LogP contribution in [0.1, 0.15) is 11.1 Å². The molecule has 6 aromatic carbocycles. The normalized spacial score (nSPS) is 11.0. The molecule has 0 aliphatic rings. The van der Waals surface area contributed by atoms with Crippen molar-refractivity contribution in [1.29, 1.82) is 0 Å². The van der Waals surface area contributed by atoms with Crippen molar-refractivity contribution in [2.45, 2.75) is 13.8 Å². The number of aryl methyl sites for hydroxylation is 2. The molecule has 0 unspecified atom stereocenters. The van der Waals surface area contributed by atoms with Gasteiger partial charge in [0.15, 0.2) is 0 Å². The van der Waals surface area contributed by atoms with Crippen LogP contribution in [0.3, 0.4) is 0 Å². The molecule has 0 N–H and O–H groups in total. The second-order valence-corrected chi connectivity index (χ2v) is 11.4. The quantitative estimate of drug-likeness (QED) is 0.196. The largest absolute Gasteiger partial charge is 0.248 e. The summed E-state index contributed by atoms with van der Waals surface area (Å²) in [7, 11) is 0. The van der Waals surface area contributed by atoms with E-state index < -0.39 is 0 Å². The van der Waals surface area contributed by atoms with Crippen molar-refractivity contribution in [1.82, 2.24) is 4.98 Å². The minimum absolute atomic E-state index is 0.966. The maximum atomic E-state index is 5.18. The summed E-state index contributed by atoms with van der Waals surface area (Å²) >= 11 is 0. The van der Waals surface area contributed by atoms with Gasteiger partial charge in [-0.15, -0.1) is 0 Å². The van der Waals surface area contributed by atoms with E-state index in [1.807, 2.05) is 6.07 Å². The molecular weight excluding hydrogens is 530 g/mol. The minimum atomic E-state index is 0.966. The lowest BCUT2D eigenvalue weighted by Crippen LogP contribution is -1.92. The van der Waals surface area contributed by atoms with Crippen LogP contribution < -0.4 is 0 Å². The zero-order chi connectivity index (χ0) is 29.9. The van der Waals surface area contributed by atoms with E-state index in [0.717, 1.165) is 28.1 Å². The summed E-state index contributed by atoms with van der Waals surface area (Å²) in [5.41, 5.74) is 16.3. The molecule has 0 radical (unpaired) electrons. The highest BCUT2D eigenvalue weighted by Gasteiger charge is 2.11. The Kier molecular flexibility index (Phi) is 7.44. The summed E-state index contributed by atoms with van der Waals surface area (Å²) in [4.78, 5) is 5.18. The van der Waals surface area contributed by atoms with Crippen molar-refractivity contribution < 1.29 is 0 Å². The average Bonchev–Trinajstić information content (AvgIpc) is 3.10. The first kappa shape index (κ1) is 27.3. The Morgan fingerprint density at radius 2 is 0.795 bits per heavy atom. The molecule has 0 atom stereocenters. The van der Waals surface area contributed by atoms with Crippen LogP contribution in [-0.2, 0) is 0 Å². The maximum Gasteiger partial charge on any atom is 0.0715 e. The fraction of sp³-hybridized carbons (Fsp3) is 0.0465. The molecule has 0 spiro atoms. The van der Waals surface area contributed by atoms with Crippen molar-refractivity contribution >= 4 is 0 Å². The van der Waals surface area contributed by atoms with E-state index in [9.17, 15) is 0 Å². The van der Waals surface area contributed by atoms with Gasteiger partial charge in [0.1, 0.15) is 0 Å². The number of rotatable bonds is 6. The van der Waals surface area contributed by atoms with Crippen LogP contribution in [0, 0.1) is 13.8 Å². The van der Waals surface area contributed by atoms with Crippen molar-refractivity contribution in [3.8, 4) is 67.0 Å². The second-order valence-electron chi connectivity index (χ2n) is 11.4. The van der Waals surface area contributed by atoms with E-state index in [-0.39, 0.29) is 0 Å². The number of benzene rings is 6. The van der Waals surface area contributed by atoms with Gasteiger partial charge in [0.05, 0.1) is 11.4 Å². The van der Waals surface area contributed by atoms with Crippen molar-refractivity contribution in [2.24, 2.45) is 0 Å². The summed E-state index contributed by atoms with van der Waals surface area (Å²) in [5.74, 6) is 0. The zero-order valence-corrected chi connectivity index (χ0v) is 25.0. The third-order valence-corrected chi connectivity index (χ3v) is 8.28. The summed E-state index contributed by atoms with van der Waals surface area (Å²) in [5, 5.41) is 0. The van der Waals surface area contributed by atoms with E-state index in [2.05, 4.69) is 172 Å². The third-order valence-electron chi connectivity index (χ3n) is 8.28. The van der Waals surface area contributed by atoms with Gasteiger partial charge in [-0.25, -0.2) is 4.98 Å². The Balaban J connectivity index is 1.28. The van der Waals surface area contributed by atoms with Crippen LogP contribution in [-0.4, -0.2) is 4.98 Å². The molecular formula is C43H33N. The van der Waals surface area contributed by atoms with Crippen LogP contribution in [0.5, 0.6) is 0 Å². The lowest BCUT2D eigenvalue weighted by Gasteiger charge is -2.13. The SMILES string of the molecule is Cc1ccc(C)c(-c2cccc(-c3cc(-c4ccc(-c5cccc(-c6ccccc6)c5)cc4)cc(-c4ccccc4)n3)c2)c1. The van der Waals surface area contributed by atoms with E-state index in [0.29, 0.717) is 0 Å². The van der Waals surface area contributed by atoms with Gasteiger partial charge >= 0.3 is 0 Å². The zero-order valence-electron chi connectivity index (χ0n) is 25.0. The number of pyridine rings is 1. The minimum Gasteiger partial charge on any atom is -0.248 e. The molecule has 0 saturated heterocycles. The van der Waals surface area contributed by atoms with E-state index in [1.165, 1.54) is 50.1 Å².